The number of amides is 3. The number of fused-ring (bicyclic) bond motifs is 2. The standard InChI is InChI=1S/C27H21Cl2FN2O4/c1-2-36-26(35)32-22-13-18(29)9-10-20(22)27(25(32)34)21(15-5-3-7-17(28)11-15)14-23(33)31-24(27)16-6-4-8-19(30)12-16/h3-13,21,24H,2,14H2,1H3,(H,31,33). The Morgan fingerprint density at radius 1 is 1.06 bits per heavy atom. The summed E-state index contributed by atoms with van der Waals surface area (Å²) in [5, 5.41) is 3.66. The minimum absolute atomic E-state index is 0.0489. The maximum atomic E-state index is 14.5. The molecule has 5 rings (SSSR count). The van der Waals surface area contributed by atoms with Gasteiger partial charge in [-0.2, -0.15) is 0 Å². The van der Waals surface area contributed by atoms with Crippen molar-refractivity contribution in [2.75, 3.05) is 11.5 Å². The summed E-state index contributed by atoms with van der Waals surface area (Å²) in [4.78, 5) is 41.6. The van der Waals surface area contributed by atoms with Crippen molar-refractivity contribution in [1.29, 1.82) is 0 Å². The van der Waals surface area contributed by atoms with Gasteiger partial charge in [-0.05, 0) is 60.0 Å². The number of nitrogens with one attached hydrogen (secondary N) is 1. The number of carbonyl (C=O) groups excluding carboxylic acids is 3. The fourth-order valence-electron chi connectivity index (χ4n) is 5.45. The molecule has 1 fully saturated rings. The third kappa shape index (κ3) is 3.74. The van der Waals surface area contributed by atoms with Crippen LogP contribution in [0.2, 0.25) is 10.0 Å². The van der Waals surface area contributed by atoms with Crippen LogP contribution in [0.1, 0.15) is 42.0 Å². The number of halogens is 3. The molecule has 3 aromatic carbocycles. The largest absolute Gasteiger partial charge is 0.449 e. The van der Waals surface area contributed by atoms with Crippen LogP contribution in [-0.2, 0) is 19.7 Å². The number of piperidine rings is 1. The summed E-state index contributed by atoms with van der Waals surface area (Å²) in [7, 11) is 0. The molecule has 0 aliphatic carbocycles. The van der Waals surface area contributed by atoms with Crippen molar-refractivity contribution >= 4 is 46.8 Å². The summed E-state index contributed by atoms with van der Waals surface area (Å²) < 4.78 is 19.6. The van der Waals surface area contributed by atoms with E-state index < -0.39 is 35.2 Å². The minimum atomic E-state index is -1.51. The third-order valence-electron chi connectivity index (χ3n) is 6.79. The average Bonchev–Trinajstić information content (AvgIpc) is 3.08. The van der Waals surface area contributed by atoms with Crippen LogP contribution in [0, 0.1) is 5.82 Å². The Kier molecular flexibility index (Phi) is 6.22. The van der Waals surface area contributed by atoms with Crippen molar-refractivity contribution in [2.24, 2.45) is 0 Å². The van der Waals surface area contributed by atoms with Crippen LogP contribution in [-0.4, -0.2) is 24.5 Å². The van der Waals surface area contributed by atoms with Crippen molar-refractivity contribution in [1.82, 2.24) is 5.32 Å². The fraction of sp³-hybridized carbons (Fsp3) is 0.222. The van der Waals surface area contributed by atoms with E-state index in [4.69, 9.17) is 27.9 Å². The SMILES string of the molecule is CCOC(=O)N1C(=O)C2(c3ccc(Cl)cc31)C(c1cccc(Cl)c1)CC(=O)NC2c1cccc(F)c1. The van der Waals surface area contributed by atoms with Crippen molar-refractivity contribution < 1.29 is 23.5 Å². The lowest BCUT2D eigenvalue weighted by atomic mass is 9.59. The predicted octanol–water partition coefficient (Wildman–Crippen LogP) is 5.92. The van der Waals surface area contributed by atoms with Gasteiger partial charge in [0.15, 0.2) is 0 Å². The van der Waals surface area contributed by atoms with Gasteiger partial charge in [-0.15, -0.1) is 0 Å². The van der Waals surface area contributed by atoms with E-state index in [0.29, 0.717) is 26.7 Å². The van der Waals surface area contributed by atoms with Crippen LogP contribution in [0.4, 0.5) is 14.9 Å². The monoisotopic (exact) mass is 526 g/mol. The second-order valence-electron chi connectivity index (χ2n) is 8.74. The number of hydrogen-bond acceptors (Lipinski definition) is 4. The van der Waals surface area contributed by atoms with Gasteiger partial charge in [0.05, 0.1) is 18.3 Å². The molecule has 184 valence electrons. The first-order chi connectivity index (χ1) is 17.3. The molecule has 2 aliphatic heterocycles. The minimum Gasteiger partial charge on any atom is -0.449 e. The molecule has 3 amide bonds. The van der Waals surface area contributed by atoms with Gasteiger partial charge in [0, 0.05) is 22.4 Å². The van der Waals surface area contributed by atoms with Gasteiger partial charge in [-0.3, -0.25) is 9.59 Å². The smallest absolute Gasteiger partial charge is 0.421 e. The number of carbonyl (C=O) groups is 3. The molecule has 9 heteroatoms. The van der Waals surface area contributed by atoms with E-state index in [-0.39, 0.29) is 24.6 Å². The molecule has 1 N–H and O–H groups in total. The first-order valence-electron chi connectivity index (χ1n) is 11.4. The molecule has 0 aromatic heterocycles. The topological polar surface area (TPSA) is 75.7 Å². The Bertz CT molecular complexity index is 1340. The van der Waals surface area contributed by atoms with E-state index in [0.717, 1.165) is 4.90 Å². The lowest BCUT2D eigenvalue weighted by Gasteiger charge is -2.46. The molecular weight excluding hydrogens is 506 g/mol. The third-order valence-corrected chi connectivity index (χ3v) is 7.26. The summed E-state index contributed by atoms with van der Waals surface area (Å²) in [6.45, 7) is 1.69. The van der Waals surface area contributed by atoms with Crippen LogP contribution in [0.3, 0.4) is 0 Å². The molecule has 1 saturated heterocycles. The highest BCUT2D eigenvalue weighted by atomic mass is 35.5. The van der Waals surface area contributed by atoms with Gasteiger partial charge in [-0.1, -0.05) is 53.5 Å². The average molecular weight is 527 g/mol. The van der Waals surface area contributed by atoms with Gasteiger partial charge >= 0.3 is 6.09 Å². The highest BCUT2D eigenvalue weighted by Crippen LogP contribution is 2.59. The quantitative estimate of drug-likeness (QED) is 0.459. The molecule has 0 saturated carbocycles. The van der Waals surface area contributed by atoms with E-state index >= 15 is 0 Å². The molecule has 36 heavy (non-hydrogen) atoms. The number of anilines is 1. The van der Waals surface area contributed by atoms with Crippen LogP contribution in [0.5, 0.6) is 0 Å². The Labute approximate surface area is 216 Å². The van der Waals surface area contributed by atoms with Crippen LogP contribution >= 0.6 is 23.2 Å². The number of imide groups is 1. The van der Waals surface area contributed by atoms with Crippen molar-refractivity contribution in [3.05, 3.63) is 99.3 Å². The molecule has 0 bridgehead atoms. The second-order valence-corrected chi connectivity index (χ2v) is 9.61. The number of nitrogens with zero attached hydrogens (tertiary/aromatic N) is 1. The van der Waals surface area contributed by atoms with Gasteiger partial charge in [-0.25, -0.2) is 14.1 Å². The van der Waals surface area contributed by atoms with E-state index in [1.807, 2.05) is 0 Å². The number of rotatable bonds is 3. The predicted molar refractivity (Wildman–Crippen MR) is 134 cm³/mol. The lowest BCUT2D eigenvalue weighted by Crippen LogP contribution is -2.58. The first kappa shape index (κ1) is 24.3. The van der Waals surface area contributed by atoms with Crippen molar-refractivity contribution in [3.8, 4) is 0 Å². The highest BCUT2D eigenvalue weighted by molar-refractivity contribution is 6.32. The second kappa shape index (κ2) is 9.22. The van der Waals surface area contributed by atoms with Crippen LogP contribution in [0.15, 0.2) is 66.7 Å². The number of hydrogen-bond donors (Lipinski definition) is 1. The van der Waals surface area contributed by atoms with Gasteiger partial charge < -0.3 is 10.1 Å². The molecular formula is C27H21Cl2FN2O4. The normalized spacial score (nSPS) is 22.9. The summed E-state index contributed by atoms with van der Waals surface area (Å²) in [5.74, 6) is -2.17. The summed E-state index contributed by atoms with van der Waals surface area (Å²) in [6, 6.07) is 16.5. The zero-order valence-corrected chi connectivity index (χ0v) is 20.6. The zero-order valence-electron chi connectivity index (χ0n) is 19.1. The van der Waals surface area contributed by atoms with Crippen molar-refractivity contribution in [2.45, 2.75) is 30.7 Å². The molecule has 3 unspecified atom stereocenters. The lowest BCUT2D eigenvalue weighted by molar-refractivity contribution is -0.132. The molecule has 2 aliphatic rings. The van der Waals surface area contributed by atoms with E-state index in [2.05, 4.69) is 5.32 Å². The zero-order chi connectivity index (χ0) is 25.6. The van der Waals surface area contributed by atoms with Gasteiger partial charge in [0.2, 0.25) is 11.8 Å². The number of ether oxygens (including phenoxy) is 1. The van der Waals surface area contributed by atoms with E-state index in [1.54, 1.807) is 49.4 Å². The van der Waals surface area contributed by atoms with Crippen molar-refractivity contribution in [3.63, 3.8) is 0 Å². The molecule has 3 aromatic rings. The Morgan fingerprint density at radius 3 is 2.50 bits per heavy atom. The summed E-state index contributed by atoms with van der Waals surface area (Å²) in [5.41, 5.74) is 0.243. The molecule has 3 atom stereocenters. The van der Waals surface area contributed by atoms with Gasteiger partial charge in [0.25, 0.3) is 0 Å². The van der Waals surface area contributed by atoms with Crippen LogP contribution < -0.4 is 10.2 Å². The Balaban J connectivity index is 1.84. The van der Waals surface area contributed by atoms with E-state index in [1.165, 1.54) is 24.3 Å². The van der Waals surface area contributed by atoms with Gasteiger partial charge in [0.1, 0.15) is 11.2 Å². The molecule has 0 radical (unpaired) electrons. The summed E-state index contributed by atoms with van der Waals surface area (Å²) >= 11 is 12.6. The Morgan fingerprint density at radius 2 is 1.78 bits per heavy atom. The number of benzene rings is 3. The fourth-order valence-corrected chi connectivity index (χ4v) is 5.82. The first-order valence-corrected chi connectivity index (χ1v) is 12.1. The summed E-state index contributed by atoms with van der Waals surface area (Å²) in [6.07, 6.45) is -0.918. The molecule has 1 spiro atoms. The van der Waals surface area contributed by atoms with Crippen LogP contribution in [0.25, 0.3) is 0 Å². The maximum Gasteiger partial charge on any atom is 0.421 e. The molecule has 2 heterocycles. The Hall–Kier alpha value is -3.42. The molecule has 6 nitrogen and oxygen atoms in total. The maximum absolute atomic E-state index is 14.5. The highest BCUT2D eigenvalue weighted by Gasteiger charge is 2.64. The van der Waals surface area contributed by atoms with E-state index in [9.17, 15) is 18.8 Å².